The number of alkyl halides is 6. The summed E-state index contributed by atoms with van der Waals surface area (Å²) >= 11 is 0. The molecule has 2 amide bonds. The van der Waals surface area contributed by atoms with Crippen LogP contribution in [0.25, 0.3) is 0 Å². The summed E-state index contributed by atoms with van der Waals surface area (Å²) in [5.41, 5.74) is 8.56. The number of halogens is 6. The van der Waals surface area contributed by atoms with Crippen LogP contribution in [-0.2, 0) is 17.1 Å². The predicted molar refractivity (Wildman–Crippen MR) is 98.4 cm³/mol. The van der Waals surface area contributed by atoms with Gasteiger partial charge in [-0.1, -0.05) is 0 Å². The Hall–Kier alpha value is -4.04. The fraction of sp³-hybridized carbons (Fsp3) is 0.176. The van der Waals surface area contributed by atoms with E-state index < -0.39 is 46.7 Å². The van der Waals surface area contributed by atoms with Crippen molar-refractivity contribution in [3.8, 4) is 0 Å². The first-order valence-electron chi connectivity index (χ1n) is 8.44. The standard InChI is InChI=1S/C17H15F6N7O2/c1-8-12(7-26-27-8)15(32)30-28-13(31)2-3-25-29-14(24)9-4-10(16(18,19)20)6-11(5-9)17(21,22)23/h2-7,25H,1H3,(H2,24,29)(H,26,27)(H,28,31)(H,30,32)/b3-2-. The van der Waals surface area contributed by atoms with Crippen LogP contribution < -0.4 is 22.0 Å². The van der Waals surface area contributed by atoms with Crippen molar-refractivity contribution in [3.63, 3.8) is 0 Å². The van der Waals surface area contributed by atoms with Gasteiger partial charge in [-0.15, -0.1) is 0 Å². The summed E-state index contributed by atoms with van der Waals surface area (Å²) in [6.45, 7) is 1.58. The molecule has 0 saturated heterocycles. The van der Waals surface area contributed by atoms with Crippen LogP contribution in [-0.4, -0.2) is 27.8 Å². The lowest BCUT2D eigenvalue weighted by Gasteiger charge is -2.13. The molecule has 0 saturated carbocycles. The summed E-state index contributed by atoms with van der Waals surface area (Å²) in [5.74, 6) is -2.19. The van der Waals surface area contributed by atoms with Crippen LogP contribution in [0.3, 0.4) is 0 Å². The molecule has 15 heteroatoms. The predicted octanol–water partition coefficient (Wildman–Crippen LogP) is 1.94. The van der Waals surface area contributed by atoms with Crippen LogP contribution in [0.5, 0.6) is 0 Å². The number of aromatic amines is 1. The number of nitrogens with two attached hydrogens (primary N) is 1. The number of aromatic nitrogens is 2. The fourth-order valence-corrected chi connectivity index (χ4v) is 2.19. The van der Waals surface area contributed by atoms with Crippen molar-refractivity contribution in [2.24, 2.45) is 10.8 Å². The van der Waals surface area contributed by atoms with Gasteiger partial charge in [-0.3, -0.25) is 31.0 Å². The van der Waals surface area contributed by atoms with Crippen LogP contribution in [0.1, 0.15) is 32.7 Å². The van der Waals surface area contributed by atoms with Crippen LogP contribution >= 0.6 is 0 Å². The summed E-state index contributed by atoms with van der Waals surface area (Å²) in [6.07, 6.45) is -7.13. The van der Waals surface area contributed by atoms with E-state index in [2.05, 4.69) is 26.2 Å². The highest BCUT2D eigenvalue weighted by atomic mass is 19.4. The number of amides is 2. The number of rotatable bonds is 5. The molecule has 2 aromatic rings. The lowest BCUT2D eigenvalue weighted by molar-refractivity contribution is -0.143. The summed E-state index contributed by atoms with van der Waals surface area (Å²) in [7, 11) is 0. The van der Waals surface area contributed by atoms with Crippen molar-refractivity contribution in [1.82, 2.24) is 26.5 Å². The van der Waals surface area contributed by atoms with E-state index in [0.29, 0.717) is 17.8 Å². The average Bonchev–Trinajstić information content (AvgIpc) is 3.13. The number of nitrogens with zero attached hydrogens (tertiary/aromatic N) is 2. The minimum absolute atomic E-state index is 0.0478. The van der Waals surface area contributed by atoms with E-state index in [-0.39, 0.29) is 11.6 Å². The molecule has 172 valence electrons. The molecule has 0 fully saturated rings. The van der Waals surface area contributed by atoms with Gasteiger partial charge in [0.15, 0.2) is 5.84 Å². The Balaban J connectivity index is 2.02. The van der Waals surface area contributed by atoms with Crippen molar-refractivity contribution in [1.29, 1.82) is 0 Å². The molecule has 0 bridgehead atoms. The minimum Gasteiger partial charge on any atom is -0.382 e. The smallest absolute Gasteiger partial charge is 0.382 e. The molecule has 0 unspecified atom stereocenters. The van der Waals surface area contributed by atoms with E-state index in [1.807, 2.05) is 5.43 Å². The Bertz CT molecular complexity index is 1020. The highest BCUT2D eigenvalue weighted by Gasteiger charge is 2.37. The van der Waals surface area contributed by atoms with Crippen LogP contribution in [0.4, 0.5) is 26.3 Å². The summed E-state index contributed by atoms with van der Waals surface area (Å²) < 4.78 is 77.3. The SMILES string of the molecule is Cc1[nH]ncc1C(=O)NNC(=O)/C=C\N/N=C(\N)c1cc(C(F)(F)F)cc(C(F)(F)F)c1. The number of hydrazone groups is 1. The molecule has 0 aliphatic carbocycles. The van der Waals surface area contributed by atoms with Gasteiger partial charge < -0.3 is 5.73 Å². The molecular weight excluding hydrogens is 448 g/mol. The summed E-state index contributed by atoms with van der Waals surface area (Å²) in [4.78, 5) is 23.4. The maximum absolute atomic E-state index is 12.9. The van der Waals surface area contributed by atoms with Crippen molar-refractivity contribution in [2.75, 3.05) is 0 Å². The lowest BCUT2D eigenvalue weighted by atomic mass is 10.0. The molecule has 0 aliphatic rings. The molecule has 0 atom stereocenters. The molecule has 1 heterocycles. The Morgan fingerprint density at radius 2 is 1.66 bits per heavy atom. The number of H-pyrrole nitrogens is 1. The number of hydrogen-bond donors (Lipinski definition) is 5. The third-order valence-electron chi connectivity index (χ3n) is 3.75. The maximum Gasteiger partial charge on any atom is 0.416 e. The highest BCUT2D eigenvalue weighted by Crippen LogP contribution is 2.36. The molecule has 2 rings (SSSR count). The minimum atomic E-state index is -5.04. The zero-order chi connectivity index (χ0) is 24.1. The van der Waals surface area contributed by atoms with Gasteiger partial charge in [0.05, 0.1) is 22.9 Å². The first-order chi connectivity index (χ1) is 14.8. The molecule has 1 aromatic carbocycles. The van der Waals surface area contributed by atoms with E-state index in [1.54, 1.807) is 6.92 Å². The van der Waals surface area contributed by atoms with E-state index in [1.165, 1.54) is 6.20 Å². The maximum atomic E-state index is 12.9. The number of hydrogen-bond acceptors (Lipinski definition) is 5. The molecule has 1 aromatic heterocycles. The van der Waals surface area contributed by atoms with E-state index in [9.17, 15) is 35.9 Å². The van der Waals surface area contributed by atoms with Gasteiger partial charge in [0.1, 0.15) is 0 Å². The number of carbonyl (C=O) groups is 2. The average molecular weight is 463 g/mol. The molecule has 0 aliphatic heterocycles. The zero-order valence-electron chi connectivity index (χ0n) is 16.0. The second-order valence-electron chi connectivity index (χ2n) is 6.11. The lowest BCUT2D eigenvalue weighted by Crippen LogP contribution is -2.41. The summed E-state index contributed by atoms with van der Waals surface area (Å²) in [6, 6.07) is 0.757. The van der Waals surface area contributed by atoms with Gasteiger partial charge in [-0.25, -0.2) is 0 Å². The number of carbonyl (C=O) groups excluding carboxylic acids is 2. The number of benzene rings is 1. The van der Waals surface area contributed by atoms with Crippen LogP contribution in [0, 0.1) is 6.92 Å². The highest BCUT2D eigenvalue weighted by molar-refractivity contribution is 5.98. The first-order valence-corrected chi connectivity index (χ1v) is 8.44. The van der Waals surface area contributed by atoms with Gasteiger partial charge in [0, 0.05) is 23.5 Å². The fourth-order valence-electron chi connectivity index (χ4n) is 2.19. The Morgan fingerprint density at radius 3 is 2.16 bits per heavy atom. The van der Waals surface area contributed by atoms with E-state index in [0.717, 1.165) is 12.3 Å². The van der Waals surface area contributed by atoms with Gasteiger partial charge in [0.2, 0.25) is 0 Å². The number of hydrazine groups is 1. The molecule has 32 heavy (non-hydrogen) atoms. The Morgan fingerprint density at radius 1 is 1.06 bits per heavy atom. The van der Waals surface area contributed by atoms with Crippen LogP contribution in [0.2, 0.25) is 0 Å². The van der Waals surface area contributed by atoms with Gasteiger partial charge >= 0.3 is 12.4 Å². The van der Waals surface area contributed by atoms with Crippen molar-refractivity contribution in [2.45, 2.75) is 19.3 Å². The zero-order valence-corrected chi connectivity index (χ0v) is 16.0. The molecule has 0 radical (unpaired) electrons. The topological polar surface area (TPSA) is 137 Å². The second-order valence-corrected chi connectivity index (χ2v) is 6.11. The molecule has 0 spiro atoms. The van der Waals surface area contributed by atoms with Crippen LogP contribution in [0.15, 0.2) is 41.8 Å². The van der Waals surface area contributed by atoms with Crippen molar-refractivity contribution < 1.29 is 35.9 Å². The normalized spacial score (nSPS) is 12.7. The number of amidine groups is 1. The number of nitrogens with one attached hydrogen (secondary N) is 4. The third-order valence-corrected chi connectivity index (χ3v) is 3.75. The molecule has 9 nitrogen and oxygen atoms in total. The quantitative estimate of drug-likeness (QED) is 0.152. The number of aryl methyl sites for hydroxylation is 1. The van der Waals surface area contributed by atoms with E-state index >= 15 is 0 Å². The Kier molecular flexibility index (Phi) is 7.12. The summed E-state index contributed by atoms with van der Waals surface area (Å²) in [5, 5.41) is 9.57. The van der Waals surface area contributed by atoms with E-state index in [4.69, 9.17) is 5.73 Å². The first kappa shape index (κ1) is 24.2. The third kappa shape index (κ3) is 6.48. The monoisotopic (exact) mass is 463 g/mol. The van der Waals surface area contributed by atoms with Crippen molar-refractivity contribution in [3.05, 3.63) is 64.6 Å². The van der Waals surface area contributed by atoms with Crippen molar-refractivity contribution >= 4 is 17.6 Å². The van der Waals surface area contributed by atoms with Gasteiger partial charge in [-0.2, -0.15) is 36.5 Å². The molecular formula is C17H15F6N7O2. The van der Waals surface area contributed by atoms with Gasteiger partial charge in [-0.05, 0) is 25.1 Å². The largest absolute Gasteiger partial charge is 0.416 e. The van der Waals surface area contributed by atoms with Gasteiger partial charge in [0.25, 0.3) is 11.8 Å². The Labute approximate surface area is 175 Å². The second kappa shape index (κ2) is 9.40. The molecule has 6 N–H and O–H groups in total.